The molecule has 2 rings (SSSR count). The molecule has 12 nitrogen and oxygen atoms in total. The van der Waals surface area contributed by atoms with Gasteiger partial charge in [0.1, 0.15) is 11.1 Å². The van der Waals surface area contributed by atoms with E-state index < -0.39 is 29.6 Å². The molecule has 160 valence electrons. The minimum Gasteiger partial charge on any atom is -0.481 e. The van der Waals surface area contributed by atoms with Gasteiger partial charge in [-0.1, -0.05) is 13.3 Å². The Balaban J connectivity index is 2.29. The molecule has 0 aromatic carbocycles. The minimum absolute atomic E-state index is 0.0470. The Morgan fingerprint density at radius 2 is 2.03 bits per heavy atom. The average molecular weight is 410 g/mol. The fourth-order valence-electron chi connectivity index (χ4n) is 2.78. The number of aliphatic carboxylic acids is 2. The normalized spacial score (nSPS) is 13.5. The van der Waals surface area contributed by atoms with E-state index in [-0.39, 0.29) is 36.1 Å². The maximum atomic E-state index is 12.4. The van der Waals surface area contributed by atoms with Gasteiger partial charge in [-0.05, 0) is 20.4 Å². The van der Waals surface area contributed by atoms with Crippen LogP contribution in [0, 0.1) is 0 Å². The lowest BCUT2D eigenvalue weighted by Gasteiger charge is -2.33. The summed E-state index contributed by atoms with van der Waals surface area (Å²) in [5.74, 6) is -2.45. The number of ether oxygens (including phenoxy) is 1. The molecule has 29 heavy (non-hydrogen) atoms. The zero-order chi connectivity index (χ0) is 21.8. The molecular weight excluding hydrogens is 384 g/mol. The molecule has 0 spiro atoms. The van der Waals surface area contributed by atoms with Gasteiger partial charge in [-0.25, -0.2) is 4.79 Å². The summed E-state index contributed by atoms with van der Waals surface area (Å²) in [6, 6.07) is 0.0470. The summed E-state index contributed by atoms with van der Waals surface area (Å²) in [5, 5.41) is 18.5. The third kappa shape index (κ3) is 4.83. The highest BCUT2D eigenvalue weighted by atomic mass is 16.5. The molecule has 2 aromatic rings. The number of rotatable bonds is 11. The first-order valence-corrected chi connectivity index (χ1v) is 9.15. The largest absolute Gasteiger partial charge is 0.481 e. The van der Waals surface area contributed by atoms with Crippen molar-refractivity contribution in [2.24, 2.45) is 0 Å². The van der Waals surface area contributed by atoms with Crippen molar-refractivity contribution in [2.45, 2.75) is 45.2 Å². The van der Waals surface area contributed by atoms with E-state index in [0.29, 0.717) is 6.61 Å². The topological polar surface area (TPSA) is 177 Å². The van der Waals surface area contributed by atoms with Crippen LogP contribution in [-0.4, -0.2) is 72.3 Å². The maximum Gasteiger partial charge on any atom is 0.327 e. The number of H-pyrrole nitrogens is 1. The van der Waals surface area contributed by atoms with E-state index in [1.54, 1.807) is 0 Å². The van der Waals surface area contributed by atoms with Gasteiger partial charge in [-0.15, -0.1) is 0 Å². The van der Waals surface area contributed by atoms with Crippen molar-refractivity contribution in [3.8, 4) is 6.01 Å². The first-order valence-electron chi connectivity index (χ1n) is 9.15. The van der Waals surface area contributed by atoms with Gasteiger partial charge in [0, 0.05) is 13.1 Å². The molecule has 5 N–H and O–H groups in total. The number of hydrogen-bond acceptors (Lipinski definition) is 8. The highest BCUT2D eigenvalue weighted by molar-refractivity contribution is 5.84. The van der Waals surface area contributed by atoms with E-state index in [0.717, 1.165) is 12.8 Å². The van der Waals surface area contributed by atoms with Crippen molar-refractivity contribution in [1.82, 2.24) is 24.4 Å². The number of carboxylic acids is 2. The molecule has 0 aliphatic rings. The number of imidazole rings is 1. The number of anilines is 1. The predicted molar refractivity (Wildman–Crippen MR) is 104 cm³/mol. The summed E-state index contributed by atoms with van der Waals surface area (Å²) in [4.78, 5) is 47.3. The summed E-state index contributed by atoms with van der Waals surface area (Å²) in [6.45, 7) is 3.88. The second-order valence-electron chi connectivity index (χ2n) is 6.94. The molecule has 2 aromatic heterocycles. The number of carbonyl (C=O) groups is 2. The molecule has 0 saturated heterocycles. The van der Waals surface area contributed by atoms with Crippen LogP contribution in [0.1, 0.15) is 33.1 Å². The predicted octanol–water partition coefficient (Wildman–Crippen LogP) is 0.131. The molecule has 2 heterocycles. The quantitative estimate of drug-likeness (QED) is 0.372. The number of nitrogens with zero attached hydrogens (tertiary/aromatic N) is 4. The fraction of sp³-hybridized carbons (Fsp3) is 0.588. The van der Waals surface area contributed by atoms with Crippen LogP contribution in [0.5, 0.6) is 6.01 Å². The van der Waals surface area contributed by atoms with Gasteiger partial charge in [0.25, 0.3) is 0 Å². The number of aromatic amines is 1. The van der Waals surface area contributed by atoms with Crippen LogP contribution >= 0.6 is 0 Å². The van der Waals surface area contributed by atoms with Crippen molar-refractivity contribution in [1.29, 1.82) is 0 Å². The summed E-state index contributed by atoms with van der Waals surface area (Å²) < 4.78 is 6.76. The highest BCUT2D eigenvalue weighted by Crippen LogP contribution is 2.20. The van der Waals surface area contributed by atoms with Gasteiger partial charge in [-0.2, -0.15) is 9.97 Å². The number of aromatic nitrogens is 4. The Bertz CT molecular complexity index is 954. The number of hydrogen-bond donors (Lipinski definition) is 4. The van der Waals surface area contributed by atoms with Crippen LogP contribution < -0.4 is 16.2 Å². The van der Waals surface area contributed by atoms with Crippen LogP contribution in [0.15, 0.2) is 4.79 Å². The minimum atomic E-state index is -1.63. The lowest BCUT2D eigenvalue weighted by molar-refractivity contribution is -0.156. The number of nitrogen functional groups attached to an aromatic ring is 1. The summed E-state index contributed by atoms with van der Waals surface area (Å²) in [5.41, 5.74) is 4.26. The van der Waals surface area contributed by atoms with Crippen LogP contribution in [-0.2, 0) is 16.1 Å². The van der Waals surface area contributed by atoms with Gasteiger partial charge in [0.15, 0.2) is 11.5 Å². The second-order valence-corrected chi connectivity index (χ2v) is 6.94. The Labute approximate surface area is 166 Å². The molecule has 0 amide bonds. The molecular formula is C17H26N6O6. The van der Waals surface area contributed by atoms with Crippen molar-refractivity contribution >= 4 is 28.9 Å². The SMILES string of the molecule is CCCCOc1nc(N)c2[nH]c(=O)n(CCN(C)[C@@](C)(CC(=O)O)C(=O)O)c2n1. The van der Waals surface area contributed by atoms with Gasteiger partial charge >= 0.3 is 23.6 Å². The maximum absolute atomic E-state index is 12.4. The van der Waals surface area contributed by atoms with Crippen LogP contribution in [0.3, 0.4) is 0 Å². The van der Waals surface area contributed by atoms with Crippen molar-refractivity contribution in [2.75, 3.05) is 25.9 Å². The molecule has 0 unspecified atom stereocenters. The Hall–Kier alpha value is -3.15. The van der Waals surface area contributed by atoms with E-state index in [1.165, 1.54) is 23.4 Å². The van der Waals surface area contributed by atoms with E-state index >= 15 is 0 Å². The first kappa shape index (κ1) is 22.1. The summed E-state index contributed by atoms with van der Waals surface area (Å²) >= 11 is 0. The molecule has 0 aliphatic carbocycles. The van der Waals surface area contributed by atoms with E-state index in [2.05, 4.69) is 15.0 Å². The fourth-order valence-corrected chi connectivity index (χ4v) is 2.78. The average Bonchev–Trinajstić information content (AvgIpc) is 2.95. The van der Waals surface area contributed by atoms with Crippen LogP contribution in [0.4, 0.5) is 5.82 Å². The summed E-state index contributed by atoms with van der Waals surface area (Å²) in [7, 11) is 1.49. The van der Waals surface area contributed by atoms with Gasteiger partial charge in [-0.3, -0.25) is 19.1 Å². The number of likely N-dealkylation sites (N-methyl/N-ethyl adjacent to an activating group) is 1. The number of fused-ring (bicyclic) bond motifs is 1. The zero-order valence-corrected chi connectivity index (χ0v) is 16.6. The third-order valence-corrected chi connectivity index (χ3v) is 4.82. The molecule has 1 atom stereocenters. The lowest BCUT2D eigenvalue weighted by Crippen LogP contribution is -2.53. The molecule has 0 bridgehead atoms. The molecule has 0 radical (unpaired) electrons. The number of nitrogens with two attached hydrogens (primary N) is 1. The number of carboxylic acid groups (broad SMARTS) is 2. The first-order chi connectivity index (χ1) is 13.6. The van der Waals surface area contributed by atoms with E-state index in [9.17, 15) is 19.5 Å². The molecule has 12 heteroatoms. The second kappa shape index (κ2) is 8.90. The van der Waals surface area contributed by atoms with Crippen LogP contribution in [0.2, 0.25) is 0 Å². The van der Waals surface area contributed by atoms with Crippen LogP contribution in [0.25, 0.3) is 11.2 Å². The zero-order valence-electron chi connectivity index (χ0n) is 16.6. The van der Waals surface area contributed by atoms with Crippen molar-refractivity contribution < 1.29 is 24.5 Å². The van der Waals surface area contributed by atoms with Gasteiger partial charge in [0.2, 0.25) is 0 Å². The molecule has 0 aliphatic heterocycles. The Morgan fingerprint density at radius 3 is 2.62 bits per heavy atom. The number of nitrogens with one attached hydrogen (secondary N) is 1. The smallest absolute Gasteiger partial charge is 0.327 e. The van der Waals surface area contributed by atoms with E-state index in [1.807, 2.05) is 6.92 Å². The monoisotopic (exact) mass is 410 g/mol. The van der Waals surface area contributed by atoms with E-state index in [4.69, 9.17) is 15.6 Å². The van der Waals surface area contributed by atoms with Gasteiger partial charge in [0.05, 0.1) is 13.0 Å². The van der Waals surface area contributed by atoms with Crippen molar-refractivity contribution in [3.05, 3.63) is 10.5 Å². The highest BCUT2D eigenvalue weighted by Gasteiger charge is 2.39. The van der Waals surface area contributed by atoms with Crippen molar-refractivity contribution in [3.63, 3.8) is 0 Å². The number of unbranched alkanes of at least 4 members (excludes halogenated alkanes) is 1. The third-order valence-electron chi connectivity index (χ3n) is 4.82. The lowest BCUT2D eigenvalue weighted by atomic mass is 9.96. The standard InChI is InChI=1S/C17H26N6O6/c1-4-5-8-29-15-20-12(18)11-13(21-15)23(16(28)19-11)7-6-22(3)17(2,14(26)27)9-10(24)25/h4-9H2,1-3H3,(H,19,28)(H,24,25)(H,26,27)(H2,18,20,21)/t17-/m0/s1. The Morgan fingerprint density at radius 1 is 1.34 bits per heavy atom. The molecule has 0 saturated carbocycles. The summed E-state index contributed by atoms with van der Waals surface area (Å²) in [6.07, 6.45) is 1.15. The van der Waals surface area contributed by atoms with Gasteiger partial charge < -0.3 is 25.7 Å². The molecule has 0 fully saturated rings. The Kier molecular flexibility index (Phi) is 6.80.